The molecule has 21 heavy (non-hydrogen) atoms. The maximum Gasteiger partial charge on any atom is 0.234 e. The number of hydrogen-bond donors (Lipinski definition) is 1. The molecular formula is C14H18N4O2S. The van der Waals surface area contributed by atoms with Crippen LogP contribution in [0, 0.1) is 6.92 Å². The normalized spacial score (nSPS) is 18.2. The number of aliphatic hydroxyl groups excluding tert-OH is 1. The van der Waals surface area contributed by atoms with Crippen molar-refractivity contribution in [1.29, 1.82) is 0 Å². The molecule has 6 nitrogen and oxygen atoms in total. The molecule has 0 spiro atoms. The van der Waals surface area contributed by atoms with E-state index >= 15 is 0 Å². The Balaban J connectivity index is 1.81. The molecule has 1 N–H and O–H groups in total. The van der Waals surface area contributed by atoms with Crippen LogP contribution in [0.25, 0.3) is 0 Å². The van der Waals surface area contributed by atoms with Crippen molar-refractivity contribution >= 4 is 17.2 Å². The summed E-state index contributed by atoms with van der Waals surface area (Å²) in [6.07, 6.45) is 5.51. The molecular weight excluding hydrogens is 288 g/mol. The number of thiazole rings is 1. The summed E-state index contributed by atoms with van der Waals surface area (Å²) in [6, 6.07) is 0.261. The fourth-order valence-corrected chi connectivity index (χ4v) is 3.24. The maximum absolute atomic E-state index is 8.81. The van der Waals surface area contributed by atoms with Gasteiger partial charge in [0.05, 0.1) is 35.7 Å². The van der Waals surface area contributed by atoms with Crippen molar-refractivity contribution in [2.45, 2.75) is 25.8 Å². The number of aliphatic hydroxyl groups is 1. The van der Waals surface area contributed by atoms with Gasteiger partial charge < -0.3 is 14.7 Å². The van der Waals surface area contributed by atoms with Gasteiger partial charge in [-0.15, -0.1) is 11.3 Å². The highest BCUT2D eigenvalue weighted by atomic mass is 32.1. The summed E-state index contributed by atoms with van der Waals surface area (Å²) in [6.45, 7) is 3.17. The molecule has 2 aromatic heterocycles. The van der Waals surface area contributed by atoms with Gasteiger partial charge in [0.25, 0.3) is 0 Å². The molecule has 1 aliphatic rings. The first-order chi connectivity index (χ1) is 10.3. The van der Waals surface area contributed by atoms with Crippen LogP contribution in [0.2, 0.25) is 0 Å². The molecule has 0 bridgehead atoms. The molecule has 0 amide bonds. The molecule has 0 radical (unpaired) electrons. The fourth-order valence-electron chi connectivity index (χ4n) is 2.58. The summed E-state index contributed by atoms with van der Waals surface area (Å²) in [5.74, 6) is 1.25. The highest BCUT2D eigenvalue weighted by Crippen LogP contribution is 2.35. The summed E-state index contributed by atoms with van der Waals surface area (Å²) >= 11 is 1.68. The molecule has 0 aromatic carbocycles. The van der Waals surface area contributed by atoms with E-state index in [1.807, 2.05) is 6.92 Å². The van der Waals surface area contributed by atoms with Crippen LogP contribution in [0.1, 0.15) is 29.6 Å². The molecule has 0 saturated carbocycles. The summed E-state index contributed by atoms with van der Waals surface area (Å²) < 4.78 is 5.34. The summed E-state index contributed by atoms with van der Waals surface area (Å²) in [5.41, 5.74) is 1.11. The zero-order valence-electron chi connectivity index (χ0n) is 11.9. The van der Waals surface area contributed by atoms with Gasteiger partial charge in [0.1, 0.15) is 6.61 Å². The minimum atomic E-state index is -0.0314. The molecule has 2 aromatic rings. The van der Waals surface area contributed by atoms with Gasteiger partial charge in [-0.25, -0.2) is 4.98 Å². The van der Waals surface area contributed by atoms with Gasteiger partial charge >= 0.3 is 0 Å². The first-order valence-electron chi connectivity index (χ1n) is 7.02. The van der Waals surface area contributed by atoms with Gasteiger partial charge in [-0.3, -0.25) is 4.98 Å². The molecule has 0 aliphatic carbocycles. The number of aromatic nitrogens is 3. The van der Waals surface area contributed by atoms with Crippen LogP contribution in [0.3, 0.4) is 0 Å². The van der Waals surface area contributed by atoms with Crippen molar-refractivity contribution in [3.63, 3.8) is 0 Å². The average Bonchev–Trinajstić information content (AvgIpc) is 3.13. The molecule has 3 heterocycles. The van der Waals surface area contributed by atoms with Gasteiger partial charge in [-0.05, 0) is 19.8 Å². The van der Waals surface area contributed by atoms with Crippen molar-refractivity contribution in [3.8, 4) is 5.88 Å². The number of anilines is 1. The Morgan fingerprint density at radius 3 is 3.10 bits per heavy atom. The van der Waals surface area contributed by atoms with Gasteiger partial charge in [-0.2, -0.15) is 4.98 Å². The highest BCUT2D eigenvalue weighted by Gasteiger charge is 2.29. The predicted molar refractivity (Wildman–Crippen MR) is 80.8 cm³/mol. The van der Waals surface area contributed by atoms with Gasteiger partial charge in [0, 0.05) is 11.9 Å². The molecule has 1 fully saturated rings. The molecule has 1 saturated heterocycles. The van der Waals surface area contributed by atoms with Crippen LogP contribution in [-0.2, 0) is 0 Å². The zero-order valence-corrected chi connectivity index (χ0v) is 12.7. The Hall–Kier alpha value is -1.73. The third kappa shape index (κ3) is 3.14. The first-order valence-corrected chi connectivity index (χ1v) is 7.90. The Kier molecular flexibility index (Phi) is 4.31. The number of ether oxygens (including phenoxy) is 1. The predicted octanol–water partition coefficient (Wildman–Crippen LogP) is 1.95. The summed E-state index contributed by atoms with van der Waals surface area (Å²) in [4.78, 5) is 15.5. The van der Waals surface area contributed by atoms with E-state index in [-0.39, 0.29) is 19.3 Å². The molecule has 3 rings (SSSR count). The van der Waals surface area contributed by atoms with Crippen molar-refractivity contribution in [2.24, 2.45) is 0 Å². The van der Waals surface area contributed by atoms with Crippen molar-refractivity contribution in [2.75, 3.05) is 24.7 Å². The SMILES string of the molecule is Cc1nc(C2CCCN2c2cncc(OCCO)n2)cs1. The number of aryl methyl sites for hydroxylation is 1. The van der Waals surface area contributed by atoms with Crippen molar-refractivity contribution < 1.29 is 9.84 Å². The molecule has 112 valence electrons. The topological polar surface area (TPSA) is 71.4 Å². The third-order valence-electron chi connectivity index (χ3n) is 3.47. The molecule has 1 aliphatic heterocycles. The van der Waals surface area contributed by atoms with Crippen molar-refractivity contribution in [3.05, 3.63) is 28.5 Å². The Labute approximate surface area is 127 Å². The maximum atomic E-state index is 8.81. The van der Waals surface area contributed by atoms with E-state index in [1.54, 1.807) is 23.7 Å². The Morgan fingerprint density at radius 2 is 2.33 bits per heavy atom. The third-order valence-corrected chi connectivity index (χ3v) is 4.26. The van der Waals surface area contributed by atoms with Crippen molar-refractivity contribution in [1.82, 2.24) is 15.0 Å². The largest absolute Gasteiger partial charge is 0.474 e. The van der Waals surface area contributed by atoms with Crippen LogP contribution in [0.15, 0.2) is 17.8 Å². The number of hydrogen-bond acceptors (Lipinski definition) is 7. The van der Waals surface area contributed by atoms with Crippen LogP contribution in [0.4, 0.5) is 5.82 Å². The second kappa shape index (κ2) is 6.36. The monoisotopic (exact) mass is 306 g/mol. The first kappa shape index (κ1) is 14.2. The summed E-state index contributed by atoms with van der Waals surface area (Å²) in [5, 5.41) is 12.0. The zero-order chi connectivity index (χ0) is 14.7. The van der Waals surface area contributed by atoms with E-state index < -0.39 is 0 Å². The van der Waals surface area contributed by atoms with Crippen LogP contribution in [-0.4, -0.2) is 39.8 Å². The van der Waals surface area contributed by atoms with Crippen LogP contribution in [0.5, 0.6) is 5.88 Å². The Morgan fingerprint density at radius 1 is 1.43 bits per heavy atom. The van der Waals surface area contributed by atoms with E-state index in [0.717, 1.165) is 35.9 Å². The number of rotatable bonds is 5. The smallest absolute Gasteiger partial charge is 0.234 e. The lowest BCUT2D eigenvalue weighted by molar-refractivity contribution is 0.196. The quantitative estimate of drug-likeness (QED) is 0.910. The lowest BCUT2D eigenvalue weighted by Crippen LogP contribution is -2.24. The fraction of sp³-hybridized carbons (Fsp3) is 0.500. The van der Waals surface area contributed by atoms with E-state index in [1.165, 1.54) is 0 Å². The van der Waals surface area contributed by atoms with E-state index in [9.17, 15) is 0 Å². The average molecular weight is 306 g/mol. The van der Waals surface area contributed by atoms with Gasteiger partial charge in [-0.1, -0.05) is 0 Å². The highest BCUT2D eigenvalue weighted by molar-refractivity contribution is 7.09. The van der Waals surface area contributed by atoms with Crippen LogP contribution < -0.4 is 9.64 Å². The lowest BCUT2D eigenvalue weighted by atomic mass is 10.2. The molecule has 1 unspecified atom stereocenters. The second-order valence-corrected chi connectivity index (χ2v) is 5.99. The molecule has 1 atom stereocenters. The standard InChI is InChI=1S/C14H18N4O2S/c1-10-16-11(9-21-10)12-3-2-4-18(12)13-7-15-8-14(17-13)20-6-5-19/h7-9,12,19H,2-6H2,1H3. The second-order valence-electron chi connectivity index (χ2n) is 4.93. The number of nitrogens with zero attached hydrogens (tertiary/aromatic N) is 4. The van der Waals surface area contributed by atoms with Gasteiger partial charge in [0.15, 0.2) is 5.82 Å². The summed E-state index contributed by atoms with van der Waals surface area (Å²) in [7, 11) is 0. The molecule has 7 heteroatoms. The Bertz CT molecular complexity index is 604. The van der Waals surface area contributed by atoms with E-state index in [2.05, 4.69) is 25.2 Å². The van der Waals surface area contributed by atoms with E-state index in [0.29, 0.717) is 5.88 Å². The van der Waals surface area contributed by atoms with E-state index in [4.69, 9.17) is 9.84 Å². The minimum absolute atomic E-state index is 0.0314. The minimum Gasteiger partial charge on any atom is -0.474 e. The van der Waals surface area contributed by atoms with Crippen LogP contribution >= 0.6 is 11.3 Å². The lowest BCUT2D eigenvalue weighted by Gasteiger charge is -2.24. The van der Waals surface area contributed by atoms with Gasteiger partial charge in [0.2, 0.25) is 5.88 Å².